The standard InChI is InChI=1S/C10H10BrNO5/c1-2-17-9(16)10(8(14)15)3-6(11)4-12-7(10)5-13/h4,12H,2-3H2,1H3,(H,14,15). The summed E-state index contributed by atoms with van der Waals surface area (Å²) in [4.78, 5) is 33.9. The molecule has 6 nitrogen and oxygen atoms in total. The molecule has 0 aromatic rings. The molecule has 1 aliphatic rings. The summed E-state index contributed by atoms with van der Waals surface area (Å²) in [5, 5.41) is 11.6. The quantitative estimate of drug-likeness (QED) is 0.450. The number of allylic oxidation sites excluding steroid dienone is 1. The van der Waals surface area contributed by atoms with Gasteiger partial charge in [0.1, 0.15) is 11.6 Å². The van der Waals surface area contributed by atoms with Gasteiger partial charge in [-0.1, -0.05) is 15.9 Å². The van der Waals surface area contributed by atoms with Crippen molar-refractivity contribution in [3.05, 3.63) is 16.4 Å². The number of carboxylic acids is 1. The molecule has 0 spiro atoms. The maximum atomic E-state index is 11.8. The monoisotopic (exact) mass is 303 g/mol. The van der Waals surface area contributed by atoms with Crippen molar-refractivity contribution < 1.29 is 24.2 Å². The molecule has 0 fully saturated rings. The maximum Gasteiger partial charge on any atom is 0.330 e. The van der Waals surface area contributed by atoms with E-state index in [2.05, 4.69) is 21.2 Å². The molecule has 0 radical (unpaired) electrons. The van der Waals surface area contributed by atoms with Crippen molar-refractivity contribution in [1.82, 2.24) is 5.32 Å². The van der Waals surface area contributed by atoms with Gasteiger partial charge in [-0.2, -0.15) is 0 Å². The van der Waals surface area contributed by atoms with Crippen LogP contribution in [0.3, 0.4) is 0 Å². The molecule has 2 N–H and O–H groups in total. The van der Waals surface area contributed by atoms with Crippen molar-refractivity contribution in [3.8, 4) is 0 Å². The van der Waals surface area contributed by atoms with Gasteiger partial charge in [0.15, 0.2) is 0 Å². The Morgan fingerprint density at radius 1 is 1.71 bits per heavy atom. The van der Waals surface area contributed by atoms with Crippen molar-refractivity contribution in [2.75, 3.05) is 6.61 Å². The molecule has 7 heteroatoms. The third kappa shape index (κ3) is 2.25. The molecule has 0 aromatic heterocycles. The van der Waals surface area contributed by atoms with Gasteiger partial charge in [0, 0.05) is 17.1 Å². The summed E-state index contributed by atoms with van der Waals surface area (Å²) in [6.45, 7) is 1.58. The molecule has 0 aliphatic carbocycles. The zero-order chi connectivity index (χ0) is 13.1. The maximum absolute atomic E-state index is 11.8. The lowest BCUT2D eigenvalue weighted by atomic mass is 9.80. The number of rotatable bonds is 3. The molecule has 92 valence electrons. The van der Waals surface area contributed by atoms with Gasteiger partial charge in [-0.05, 0) is 6.92 Å². The van der Waals surface area contributed by atoms with Crippen molar-refractivity contribution in [2.45, 2.75) is 13.3 Å². The summed E-state index contributed by atoms with van der Waals surface area (Å²) in [6, 6.07) is 0. The van der Waals surface area contributed by atoms with Gasteiger partial charge in [-0.25, -0.2) is 4.79 Å². The average Bonchev–Trinajstić information content (AvgIpc) is 2.28. The van der Waals surface area contributed by atoms with E-state index in [9.17, 15) is 19.5 Å². The van der Waals surface area contributed by atoms with Crippen molar-refractivity contribution >= 4 is 33.8 Å². The van der Waals surface area contributed by atoms with Crippen molar-refractivity contribution in [1.29, 1.82) is 0 Å². The number of carbonyl (C=O) groups excluding carboxylic acids is 2. The lowest BCUT2D eigenvalue weighted by Gasteiger charge is -2.30. The van der Waals surface area contributed by atoms with Crippen LogP contribution in [0.5, 0.6) is 0 Å². The van der Waals surface area contributed by atoms with E-state index in [1.54, 1.807) is 6.92 Å². The lowest BCUT2D eigenvalue weighted by Crippen LogP contribution is -2.48. The molecule has 1 heterocycles. The first-order chi connectivity index (χ1) is 7.98. The van der Waals surface area contributed by atoms with Gasteiger partial charge >= 0.3 is 11.9 Å². The number of halogens is 1. The summed E-state index contributed by atoms with van der Waals surface area (Å²) in [6.07, 6.45) is 1.21. The Labute approximate surface area is 105 Å². The Morgan fingerprint density at radius 3 is 2.82 bits per heavy atom. The minimum Gasteiger partial charge on any atom is -0.480 e. The summed E-state index contributed by atoms with van der Waals surface area (Å²) < 4.78 is 5.17. The molecule has 1 aliphatic heterocycles. The van der Waals surface area contributed by atoms with Crippen LogP contribution < -0.4 is 5.32 Å². The second kappa shape index (κ2) is 5.16. The van der Waals surface area contributed by atoms with Crippen LogP contribution in [0.2, 0.25) is 0 Å². The van der Waals surface area contributed by atoms with E-state index in [-0.39, 0.29) is 18.7 Å². The number of hydrogen-bond donors (Lipinski definition) is 2. The number of ether oxygens (including phenoxy) is 1. The number of carboxylic acid groups (broad SMARTS) is 1. The van der Waals surface area contributed by atoms with Crippen molar-refractivity contribution in [3.63, 3.8) is 0 Å². The SMILES string of the molecule is CCOC(=O)C1(C(=O)O)CC(Br)=CNC1=C=O. The van der Waals surface area contributed by atoms with Crippen LogP contribution in [-0.4, -0.2) is 29.6 Å². The van der Waals surface area contributed by atoms with Gasteiger partial charge in [0.05, 0.1) is 6.61 Å². The fraction of sp³-hybridized carbons (Fsp3) is 0.400. The van der Waals surface area contributed by atoms with Gasteiger partial charge in [0.2, 0.25) is 5.41 Å². The molecule has 1 unspecified atom stereocenters. The lowest BCUT2D eigenvalue weighted by molar-refractivity contribution is -0.165. The molecule has 1 atom stereocenters. The first-order valence-electron chi connectivity index (χ1n) is 4.76. The minimum absolute atomic E-state index is 0.0291. The van der Waals surface area contributed by atoms with E-state index in [0.717, 1.165) is 0 Å². The van der Waals surface area contributed by atoms with Crippen LogP contribution in [0.15, 0.2) is 16.4 Å². The van der Waals surface area contributed by atoms with E-state index in [4.69, 9.17) is 4.74 Å². The topological polar surface area (TPSA) is 92.7 Å². The smallest absolute Gasteiger partial charge is 0.330 e. The van der Waals surface area contributed by atoms with Crippen LogP contribution >= 0.6 is 15.9 Å². The zero-order valence-corrected chi connectivity index (χ0v) is 10.5. The van der Waals surface area contributed by atoms with Gasteiger partial charge in [-0.3, -0.25) is 9.59 Å². The highest BCUT2D eigenvalue weighted by molar-refractivity contribution is 9.11. The first kappa shape index (κ1) is 13.5. The van der Waals surface area contributed by atoms with Crippen LogP contribution in [0.4, 0.5) is 0 Å². The Balaban J connectivity index is 3.31. The molecular formula is C10H10BrNO5. The van der Waals surface area contributed by atoms with Crippen LogP contribution in [0.1, 0.15) is 13.3 Å². The molecule has 17 heavy (non-hydrogen) atoms. The fourth-order valence-electron chi connectivity index (χ4n) is 1.48. The predicted octanol–water partition coefficient (Wildman–Crippen LogP) is 0.566. The number of carbonyl (C=O) groups is 2. The largest absolute Gasteiger partial charge is 0.480 e. The molecule has 0 saturated heterocycles. The van der Waals surface area contributed by atoms with Crippen LogP contribution in [-0.2, 0) is 19.1 Å². The first-order valence-corrected chi connectivity index (χ1v) is 5.55. The van der Waals surface area contributed by atoms with Gasteiger partial charge in [-0.15, -0.1) is 0 Å². The highest BCUT2D eigenvalue weighted by Crippen LogP contribution is 2.38. The molecule has 0 bridgehead atoms. The van der Waals surface area contributed by atoms with Gasteiger partial charge < -0.3 is 15.2 Å². The summed E-state index contributed by atoms with van der Waals surface area (Å²) in [5.41, 5.74) is -2.41. The van der Waals surface area contributed by atoms with E-state index in [1.165, 1.54) is 12.1 Å². The third-order valence-corrected chi connectivity index (χ3v) is 2.83. The summed E-state index contributed by atoms with van der Waals surface area (Å²) in [7, 11) is 0. The number of hydrogen-bond acceptors (Lipinski definition) is 5. The Hall–Kier alpha value is -1.59. The second-order valence-corrected chi connectivity index (χ2v) is 4.34. The third-order valence-electron chi connectivity index (χ3n) is 2.32. The fourth-order valence-corrected chi connectivity index (χ4v) is 2.02. The zero-order valence-electron chi connectivity index (χ0n) is 8.95. The Kier molecular flexibility index (Phi) is 4.09. The molecule has 0 amide bonds. The summed E-state index contributed by atoms with van der Waals surface area (Å²) >= 11 is 3.09. The predicted molar refractivity (Wildman–Crippen MR) is 60.7 cm³/mol. The average molecular weight is 304 g/mol. The van der Waals surface area contributed by atoms with E-state index in [1.807, 2.05) is 0 Å². The highest BCUT2D eigenvalue weighted by atomic mass is 79.9. The number of esters is 1. The Morgan fingerprint density at radius 2 is 2.35 bits per heavy atom. The van der Waals surface area contributed by atoms with Crippen molar-refractivity contribution in [2.24, 2.45) is 5.41 Å². The normalized spacial score (nSPS) is 23.2. The van der Waals surface area contributed by atoms with Crippen LogP contribution in [0.25, 0.3) is 0 Å². The number of aliphatic carboxylic acids is 1. The number of nitrogens with one attached hydrogen (secondary N) is 1. The van der Waals surface area contributed by atoms with Gasteiger partial charge in [0.25, 0.3) is 0 Å². The minimum atomic E-state index is -2.05. The van der Waals surface area contributed by atoms with E-state index < -0.39 is 17.4 Å². The molecule has 0 aromatic carbocycles. The van der Waals surface area contributed by atoms with E-state index in [0.29, 0.717) is 4.48 Å². The van der Waals surface area contributed by atoms with E-state index >= 15 is 0 Å². The van der Waals surface area contributed by atoms with Crippen LogP contribution in [0, 0.1) is 5.41 Å². The molecule has 0 saturated carbocycles. The highest BCUT2D eigenvalue weighted by Gasteiger charge is 2.54. The summed E-state index contributed by atoms with van der Waals surface area (Å²) in [5.74, 6) is -0.990. The second-order valence-electron chi connectivity index (χ2n) is 3.32. The molecular weight excluding hydrogens is 294 g/mol. The molecule has 1 rings (SSSR count). The Bertz CT molecular complexity index is 438.